The van der Waals surface area contributed by atoms with E-state index >= 15 is 0 Å². The number of aryl methyl sites for hydroxylation is 1. The Kier molecular flexibility index (Phi) is 5.15. The maximum absolute atomic E-state index is 12.9. The van der Waals surface area contributed by atoms with Crippen LogP contribution >= 0.6 is 0 Å². The van der Waals surface area contributed by atoms with Crippen molar-refractivity contribution in [3.05, 3.63) is 40.3 Å². The molecule has 0 saturated carbocycles. The quantitative estimate of drug-likeness (QED) is 0.872. The minimum atomic E-state index is -0.323. The molecular weight excluding hydrogens is 320 g/mol. The molecular formula is C18H24N4O3. The zero-order valence-electron chi connectivity index (χ0n) is 14.7. The molecule has 1 aliphatic rings. The van der Waals surface area contributed by atoms with Crippen LogP contribution in [0.4, 0.5) is 0 Å². The molecule has 25 heavy (non-hydrogen) atoms. The van der Waals surface area contributed by atoms with Gasteiger partial charge in [-0.1, -0.05) is 25.1 Å². The number of hydrogen-bond donors (Lipinski definition) is 1. The van der Waals surface area contributed by atoms with Gasteiger partial charge >= 0.3 is 0 Å². The number of amides is 1. The molecule has 0 unspecified atom stereocenters. The lowest BCUT2D eigenvalue weighted by Gasteiger charge is -2.35. The molecule has 1 aliphatic heterocycles. The van der Waals surface area contributed by atoms with Gasteiger partial charge in [0.25, 0.3) is 11.5 Å². The van der Waals surface area contributed by atoms with Gasteiger partial charge in [-0.15, -0.1) is 0 Å². The van der Waals surface area contributed by atoms with E-state index in [0.29, 0.717) is 36.1 Å². The van der Waals surface area contributed by atoms with Gasteiger partial charge in [-0.25, -0.2) is 4.68 Å². The highest BCUT2D eigenvalue weighted by Crippen LogP contribution is 2.16. The second-order valence-electron chi connectivity index (χ2n) is 6.48. The normalized spacial score (nSPS) is 17.0. The molecule has 7 nitrogen and oxygen atoms in total. The van der Waals surface area contributed by atoms with Crippen LogP contribution in [-0.2, 0) is 7.05 Å². The highest BCUT2D eigenvalue weighted by atomic mass is 16.3. The molecule has 2 aromatic rings. The number of aliphatic hydroxyl groups is 1. The smallest absolute Gasteiger partial charge is 0.275 e. The number of nitrogens with zero attached hydrogens (tertiary/aromatic N) is 4. The van der Waals surface area contributed by atoms with Gasteiger partial charge in [0, 0.05) is 45.2 Å². The number of β-amino-alcohol motifs (C(OH)–C–C–N with tert-alkyl or cyclic N) is 1. The van der Waals surface area contributed by atoms with Gasteiger partial charge in [0.05, 0.1) is 11.5 Å². The maximum Gasteiger partial charge on any atom is 0.275 e. The molecule has 0 spiro atoms. The Morgan fingerprint density at radius 3 is 2.48 bits per heavy atom. The molecule has 1 saturated heterocycles. The number of hydrogen-bond acceptors (Lipinski definition) is 5. The minimum Gasteiger partial charge on any atom is -0.392 e. The third-order valence-corrected chi connectivity index (χ3v) is 4.76. The summed E-state index contributed by atoms with van der Waals surface area (Å²) in [6.45, 7) is 5.24. The summed E-state index contributed by atoms with van der Waals surface area (Å²) in [7, 11) is 1.57. The van der Waals surface area contributed by atoms with Gasteiger partial charge in [-0.3, -0.25) is 14.5 Å². The van der Waals surface area contributed by atoms with Crippen LogP contribution < -0.4 is 5.56 Å². The van der Waals surface area contributed by atoms with E-state index in [4.69, 9.17) is 0 Å². The van der Waals surface area contributed by atoms with Crippen molar-refractivity contribution in [3.63, 3.8) is 0 Å². The van der Waals surface area contributed by atoms with E-state index in [1.54, 1.807) is 30.1 Å². The van der Waals surface area contributed by atoms with Gasteiger partial charge < -0.3 is 10.0 Å². The van der Waals surface area contributed by atoms with E-state index < -0.39 is 0 Å². The van der Waals surface area contributed by atoms with Crippen LogP contribution in [-0.4, -0.2) is 69.4 Å². The number of aromatic nitrogens is 2. The number of carbonyl (C=O) groups is 1. The zero-order chi connectivity index (χ0) is 18.0. The topological polar surface area (TPSA) is 78.7 Å². The van der Waals surface area contributed by atoms with Crippen LogP contribution in [0.5, 0.6) is 0 Å². The Bertz CT molecular complexity index is 825. The lowest BCUT2D eigenvalue weighted by atomic mass is 10.1. The summed E-state index contributed by atoms with van der Waals surface area (Å²) in [5.74, 6) is -0.150. The standard InChI is InChI=1S/C18H24N4O3/c1-3-13(23)12-21-8-10-22(11-9-21)18(25)16-14-6-4-5-7-15(14)17(24)20(2)19-16/h4-7,13,23H,3,8-12H2,1-2H3/t13-/m0/s1. The van der Waals surface area contributed by atoms with Crippen LogP contribution in [0.1, 0.15) is 23.8 Å². The summed E-state index contributed by atoms with van der Waals surface area (Å²) in [5.41, 5.74) is 0.116. The summed E-state index contributed by atoms with van der Waals surface area (Å²) in [5, 5.41) is 15.1. The molecule has 1 fully saturated rings. The van der Waals surface area contributed by atoms with Gasteiger partial charge in [0.15, 0.2) is 5.69 Å². The van der Waals surface area contributed by atoms with E-state index in [2.05, 4.69) is 10.00 Å². The van der Waals surface area contributed by atoms with E-state index in [9.17, 15) is 14.7 Å². The van der Waals surface area contributed by atoms with Gasteiger partial charge in [0.1, 0.15) is 0 Å². The number of rotatable bonds is 4. The highest BCUT2D eigenvalue weighted by Gasteiger charge is 2.26. The molecule has 1 atom stereocenters. The third-order valence-electron chi connectivity index (χ3n) is 4.76. The first-order chi connectivity index (χ1) is 12.0. The summed E-state index contributed by atoms with van der Waals surface area (Å²) < 4.78 is 1.23. The Labute approximate surface area is 146 Å². The van der Waals surface area contributed by atoms with E-state index in [1.807, 2.05) is 13.0 Å². The van der Waals surface area contributed by atoms with Crippen molar-refractivity contribution < 1.29 is 9.90 Å². The largest absolute Gasteiger partial charge is 0.392 e. The Morgan fingerprint density at radius 1 is 1.20 bits per heavy atom. The summed E-state index contributed by atoms with van der Waals surface area (Å²) in [6.07, 6.45) is 0.407. The van der Waals surface area contributed by atoms with Gasteiger partial charge in [-0.05, 0) is 12.5 Å². The average molecular weight is 344 g/mol. The van der Waals surface area contributed by atoms with Crippen molar-refractivity contribution in [2.75, 3.05) is 32.7 Å². The second kappa shape index (κ2) is 7.33. The van der Waals surface area contributed by atoms with Crippen molar-refractivity contribution >= 4 is 16.7 Å². The predicted molar refractivity (Wildman–Crippen MR) is 95.6 cm³/mol. The fourth-order valence-electron chi connectivity index (χ4n) is 3.17. The molecule has 7 heteroatoms. The highest BCUT2D eigenvalue weighted by molar-refractivity contribution is 6.04. The van der Waals surface area contributed by atoms with Crippen LogP contribution in [0, 0.1) is 0 Å². The van der Waals surface area contributed by atoms with Crippen LogP contribution in [0.25, 0.3) is 10.8 Å². The molecule has 1 aromatic heterocycles. The van der Waals surface area contributed by atoms with Crippen LogP contribution in [0.2, 0.25) is 0 Å². The first-order valence-corrected chi connectivity index (χ1v) is 8.67. The number of benzene rings is 1. The van der Waals surface area contributed by atoms with Crippen molar-refractivity contribution in [3.8, 4) is 0 Å². The predicted octanol–water partition coefficient (Wildman–Crippen LogP) is 0.462. The molecule has 0 radical (unpaired) electrons. The van der Waals surface area contributed by atoms with Crippen molar-refractivity contribution in [1.29, 1.82) is 0 Å². The molecule has 2 heterocycles. The average Bonchev–Trinajstić information content (AvgIpc) is 2.64. The lowest BCUT2D eigenvalue weighted by molar-refractivity contribution is 0.0519. The zero-order valence-corrected chi connectivity index (χ0v) is 14.7. The number of aliphatic hydroxyl groups excluding tert-OH is 1. The molecule has 1 amide bonds. The molecule has 1 aromatic carbocycles. The van der Waals surface area contributed by atoms with Gasteiger partial charge in [0.2, 0.25) is 0 Å². The Hall–Kier alpha value is -2.25. The van der Waals surface area contributed by atoms with Crippen molar-refractivity contribution in [1.82, 2.24) is 19.6 Å². The monoisotopic (exact) mass is 344 g/mol. The van der Waals surface area contributed by atoms with Crippen LogP contribution in [0.15, 0.2) is 29.1 Å². The fourth-order valence-corrected chi connectivity index (χ4v) is 3.17. The number of carbonyl (C=O) groups excluding carboxylic acids is 1. The first kappa shape index (κ1) is 17.6. The lowest BCUT2D eigenvalue weighted by Crippen LogP contribution is -2.50. The van der Waals surface area contributed by atoms with E-state index in [0.717, 1.165) is 19.5 Å². The van der Waals surface area contributed by atoms with Gasteiger partial charge in [-0.2, -0.15) is 5.10 Å². The summed E-state index contributed by atoms with van der Waals surface area (Å²) in [6, 6.07) is 7.09. The fraction of sp³-hybridized carbons (Fsp3) is 0.500. The SMILES string of the molecule is CC[C@H](O)CN1CCN(C(=O)c2nn(C)c(=O)c3ccccc23)CC1. The minimum absolute atomic E-state index is 0.150. The molecule has 0 bridgehead atoms. The molecule has 1 N–H and O–H groups in total. The molecule has 0 aliphatic carbocycles. The first-order valence-electron chi connectivity index (χ1n) is 8.67. The number of fused-ring (bicyclic) bond motifs is 1. The van der Waals surface area contributed by atoms with E-state index in [1.165, 1.54) is 4.68 Å². The summed E-state index contributed by atoms with van der Waals surface area (Å²) in [4.78, 5) is 29.1. The van der Waals surface area contributed by atoms with Crippen molar-refractivity contribution in [2.45, 2.75) is 19.4 Å². The Balaban J connectivity index is 1.80. The third kappa shape index (κ3) is 3.57. The van der Waals surface area contributed by atoms with E-state index in [-0.39, 0.29) is 17.6 Å². The maximum atomic E-state index is 12.9. The number of piperazine rings is 1. The van der Waals surface area contributed by atoms with Crippen LogP contribution in [0.3, 0.4) is 0 Å². The summed E-state index contributed by atoms with van der Waals surface area (Å²) >= 11 is 0. The molecule has 134 valence electrons. The second-order valence-corrected chi connectivity index (χ2v) is 6.48. The Morgan fingerprint density at radius 2 is 1.84 bits per heavy atom. The molecule has 3 rings (SSSR count). The van der Waals surface area contributed by atoms with Crippen molar-refractivity contribution in [2.24, 2.45) is 7.05 Å².